The van der Waals surface area contributed by atoms with Crippen LogP contribution in [0.4, 0.5) is 0 Å². The lowest BCUT2D eigenvalue weighted by Crippen LogP contribution is -2.51. The summed E-state index contributed by atoms with van der Waals surface area (Å²) in [6.07, 6.45) is 5.04. The van der Waals surface area contributed by atoms with Gasteiger partial charge in [-0.05, 0) is 32.1 Å². The maximum absolute atomic E-state index is 12.0. The largest absolute Gasteiger partial charge is 0.388 e. The van der Waals surface area contributed by atoms with Crippen LogP contribution < -0.4 is 5.32 Å². The first-order chi connectivity index (χ1) is 8.80. The van der Waals surface area contributed by atoms with Gasteiger partial charge in [0.25, 0.3) is 0 Å². The molecule has 1 aliphatic carbocycles. The summed E-state index contributed by atoms with van der Waals surface area (Å²) in [6.45, 7) is 1.02. The van der Waals surface area contributed by atoms with Gasteiger partial charge >= 0.3 is 0 Å². The summed E-state index contributed by atoms with van der Waals surface area (Å²) in [6, 6.07) is 0. The van der Waals surface area contributed by atoms with E-state index in [0.29, 0.717) is 19.4 Å². The predicted molar refractivity (Wildman–Crippen MR) is 71.0 cm³/mol. The van der Waals surface area contributed by atoms with Crippen LogP contribution in [-0.4, -0.2) is 55.2 Å². The second-order valence-corrected chi connectivity index (χ2v) is 7.74. The van der Waals surface area contributed by atoms with E-state index in [9.17, 15) is 18.3 Å². The number of sulfonamides is 1. The molecule has 110 valence electrons. The molecule has 1 atom stereocenters. The Labute approximate surface area is 114 Å². The molecule has 0 aromatic carbocycles. The van der Waals surface area contributed by atoms with Gasteiger partial charge in [0.15, 0.2) is 0 Å². The van der Waals surface area contributed by atoms with Crippen molar-refractivity contribution in [1.29, 1.82) is 0 Å². The molecule has 2 aliphatic rings. The Morgan fingerprint density at radius 3 is 2.63 bits per heavy atom. The molecule has 1 amide bonds. The van der Waals surface area contributed by atoms with Crippen molar-refractivity contribution in [2.24, 2.45) is 5.92 Å². The number of amides is 1. The number of nitrogens with one attached hydrogen (secondary N) is 1. The predicted octanol–water partition coefficient (Wildman–Crippen LogP) is -0.311. The number of rotatable bonds is 4. The zero-order valence-corrected chi connectivity index (χ0v) is 12.1. The Hall–Kier alpha value is -0.660. The van der Waals surface area contributed by atoms with E-state index in [4.69, 9.17) is 0 Å². The van der Waals surface area contributed by atoms with Crippen molar-refractivity contribution in [3.8, 4) is 0 Å². The first-order valence-corrected chi connectivity index (χ1v) is 8.60. The monoisotopic (exact) mass is 290 g/mol. The normalized spacial score (nSPS) is 27.6. The number of carbonyl (C=O) groups excluding carboxylic acids is 1. The van der Waals surface area contributed by atoms with Crippen LogP contribution >= 0.6 is 0 Å². The molecule has 6 nitrogen and oxygen atoms in total. The lowest BCUT2D eigenvalue weighted by Gasteiger charge is -2.37. The lowest BCUT2D eigenvalue weighted by atomic mass is 9.80. The number of nitrogens with zero attached hydrogens (tertiary/aromatic N) is 1. The fourth-order valence-corrected chi connectivity index (χ4v) is 3.53. The topological polar surface area (TPSA) is 86.7 Å². The van der Waals surface area contributed by atoms with E-state index in [1.165, 1.54) is 10.6 Å². The Bertz CT molecular complexity index is 445. The third-order valence-electron chi connectivity index (χ3n) is 4.10. The van der Waals surface area contributed by atoms with Gasteiger partial charge in [-0.1, -0.05) is 0 Å². The molecule has 19 heavy (non-hydrogen) atoms. The van der Waals surface area contributed by atoms with Gasteiger partial charge in [0.2, 0.25) is 15.9 Å². The van der Waals surface area contributed by atoms with Gasteiger partial charge < -0.3 is 10.4 Å². The fraction of sp³-hybridized carbons (Fsp3) is 0.917. The summed E-state index contributed by atoms with van der Waals surface area (Å²) >= 11 is 0. The molecule has 2 fully saturated rings. The van der Waals surface area contributed by atoms with Gasteiger partial charge in [-0.15, -0.1) is 0 Å². The molecule has 1 unspecified atom stereocenters. The highest BCUT2D eigenvalue weighted by atomic mass is 32.2. The van der Waals surface area contributed by atoms with Gasteiger partial charge in [0, 0.05) is 19.6 Å². The summed E-state index contributed by atoms with van der Waals surface area (Å²) in [5, 5.41) is 12.7. The molecule has 0 aromatic heterocycles. The Morgan fingerprint density at radius 1 is 1.42 bits per heavy atom. The number of carbonyl (C=O) groups is 1. The second kappa shape index (κ2) is 5.38. The summed E-state index contributed by atoms with van der Waals surface area (Å²) < 4.78 is 24.3. The van der Waals surface area contributed by atoms with E-state index in [-0.39, 0.29) is 24.9 Å². The quantitative estimate of drug-likeness (QED) is 0.743. The van der Waals surface area contributed by atoms with E-state index in [0.717, 1.165) is 19.3 Å². The van der Waals surface area contributed by atoms with Crippen molar-refractivity contribution in [3.05, 3.63) is 0 Å². The average Bonchev–Trinajstić information content (AvgIpc) is 2.33. The highest BCUT2D eigenvalue weighted by molar-refractivity contribution is 7.88. The zero-order chi connectivity index (χ0) is 14.1. The van der Waals surface area contributed by atoms with Gasteiger partial charge in [-0.25, -0.2) is 12.7 Å². The first-order valence-electron chi connectivity index (χ1n) is 6.75. The molecule has 0 bridgehead atoms. The van der Waals surface area contributed by atoms with Crippen molar-refractivity contribution in [2.45, 2.75) is 37.7 Å². The van der Waals surface area contributed by atoms with Crippen LogP contribution in [0.5, 0.6) is 0 Å². The van der Waals surface area contributed by atoms with Crippen LogP contribution in [0, 0.1) is 5.92 Å². The van der Waals surface area contributed by atoms with Crippen LogP contribution in [0.2, 0.25) is 0 Å². The smallest absolute Gasteiger partial charge is 0.224 e. The third-order valence-corrected chi connectivity index (χ3v) is 5.37. The molecule has 2 rings (SSSR count). The van der Waals surface area contributed by atoms with Gasteiger partial charge in [-0.2, -0.15) is 0 Å². The standard InChI is InChI=1S/C12H22N2O4S/c1-19(17,18)14-7-2-4-10(8-14)11(15)13-9-12(16)5-3-6-12/h10,16H,2-9H2,1H3,(H,13,15). The van der Waals surface area contributed by atoms with Gasteiger partial charge in [0.05, 0.1) is 17.8 Å². The Balaban J connectivity index is 1.85. The second-order valence-electron chi connectivity index (χ2n) is 5.76. The van der Waals surface area contributed by atoms with Crippen molar-refractivity contribution < 1.29 is 18.3 Å². The number of hydrogen-bond donors (Lipinski definition) is 2. The lowest BCUT2D eigenvalue weighted by molar-refractivity contribution is -0.128. The molecule has 0 radical (unpaired) electrons. The van der Waals surface area contributed by atoms with Crippen LogP contribution in [0.25, 0.3) is 0 Å². The van der Waals surface area contributed by atoms with Crippen LogP contribution in [-0.2, 0) is 14.8 Å². The molecule has 7 heteroatoms. The molecule has 0 spiro atoms. The maximum atomic E-state index is 12.0. The Kier molecular flexibility index (Phi) is 4.17. The molecular formula is C12H22N2O4S. The molecule has 2 N–H and O–H groups in total. The summed E-state index contributed by atoms with van der Waals surface area (Å²) in [7, 11) is -3.23. The van der Waals surface area contributed by atoms with Crippen molar-refractivity contribution in [3.63, 3.8) is 0 Å². The number of aliphatic hydroxyl groups is 1. The minimum absolute atomic E-state index is 0.145. The van der Waals surface area contributed by atoms with E-state index < -0.39 is 15.6 Å². The van der Waals surface area contributed by atoms with Crippen molar-refractivity contribution >= 4 is 15.9 Å². The molecule has 1 heterocycles. The summed E-state index contributed by atoms with van der Waals surface area (Å²) in [4.78, 5) is 12.0. The minimum atomic E-state index is -3.23. The SMILES string of the molecule is CS(=O)(=O)N1CCCC(C(=O)NCC2(O)CCC2)C1. The molecular weight excluding hydrogens is 268 g/mol. The Morgan fingerprint density at radius 2 is 2.11 bits per heavy atom. The highest BCUT2D eigenvalue weighted by Gasteiger charge is 2.36. The van der Waals surface area contributed by atoms with E-state index in [2.05, 4.69) is 5.32 Å². The van der Waals surface area contributed by atoms with Crippen LogP contribution in [0.15, 0.2) is 0 Å². The van der Waals surface area contributed by atoms with E-state index in [1.54, 1.807) is 0 Å². The van der Waals surface area contributed by atoms with Gasteiger partial charge in [-0.3, -0.25) is 4.79 Å². The van der Waals surface area contributed by atoms with Gasteiger partial charge in [0.1, 0.15) is 0 Å². The minimum Gasteiger partial charge on any atom is -0.388 e. The molecule has 1 saturated carbocycles. The maximum Gasteiger partial charge on any atom is 0.224 e. The fourth-order valence-electron chi connectivity index (χ4n) is 2.62. The van der Waals surface area contributed by atoms with Crippen molar-refractivity contribution in [1.82, 2.24) is 9.62 Å². The number of piperidine rings is 1. The molecule has 0 aromatic rings. The molecule has 1 saturated heterocycles. The van der Waals surface area contributed by atoms with Crippen molar-refractivity contribution in [2.75, 3.05) is 25.9 Å². The highest BCUT2D eigenvalue weighted by Crippen LogP contribution is 2.30. The van der Waals surface area contributed by atoms with Crippen LogP contribution in [0.1, 0.15) is 32.1 Å². The summed E-state index contributed by atoms with van der Waals surface area (Å²) in [5.41, 5.74) is -0.735. The third kappa shape index (κ3) is 3.67. The summed E-state index contributed by atoms with van der Waals surface area (Å²) in [5.74, 6) is -0.444. The molecule has 1 aliphatic heterocycles. The number of hydrogen-bond acceptors (Lipinski definition) is 4. The zero-order valence-electron chi connectivity index (χ0n) is 11.3. The average molecular weight is 290 g/mol. The van der Waals surface area contributed by atoms with E-state index >= 15 is 0 Å². The first kappa shape index (κ1) is 14.7. The van der Waals surface area contributed by atoms with E-state index in [1.807, 2.05) is 0 Å². The van der Waals surface area contributed by atoms with Crippen LogP contribution in [0.3, 0.4) is 0 Å².